The molecule has 1 atom stereocenters. The van der Waals surface area contributed by atoms with E-state index in [-0.39, 0.29) is 0 Å². The first-order valence-corrected chi connectivity index (χ1v) is 5.27. The molecule has 1 saturated heterocycles. The fraction of sp³-hybridized carbons (Fsp3) is 1.00. The summed E-state index contributed by atoms with van der Waals surface area (Å²) in [6, 6.07) is 0.601. The van der Waals surface area contributed by atoms with Gasteiger partial charge in [0.15, 0.2) is 0 Å². The maximum absolute atomic E-state index is 5.24. The van der Waals surface area contributed by atoms with Crippen LogP contribution in [0.2, 0.25) is 0 Å². The summed E-state index contributed by atoms with van der Waals surface area (Å²) >= 11 is 0. The largest absolute Gasteiger partial charge is 0.383 e. The molecule has 1 heterocycles. The minimum absolute atomic E-state index is 0.601. The molecule has 0 aromatic heterocycles. The molecule has 1 aliphatic heterocycles. The Balaban J connectivity index is 2.42. The van der Waals surface area contributed by atoms with E-state index in [1.54, 1.807) is 7.11 Å². The van der Waals surface area contributed by atoms with Gasteiger partial charge in [-0.05, 0) is 13.1 Å². The third kappa shape index (κ3) is 2.93. The van der Waals surface area contributed by atoms with Crippen LogP contribution in [0.3, 0.4) is 0 Å². The fourth-order valence-corrected chi connectivity index (χ4v) is 2.01. The van der Waals surface area contributed by atoms with Crippen LogP contribution in [-0.2, 0) is 4.74 Å². The molecule has 0 aromatic rings. The van der Waals surface area contributed by atoms with Gasteiger partial charge in [-0.2, -0.15) is 0 Å². The van der Waals surface area contributed by atoms with Gasteiger partial charge in [0.25, 0.3) is 0 Å². The molecule has 0 spiro atoms. The molecule has 0 aromatic carbocycles. The SMILES string of the molecule is CCN1CCN(CC)C(COC)C1. The average Bonchev–Trinajstić information content (AvgIpc) is 2.18. The Morgan fingerprint density at radius 1 is 1.23 bits per heavy atom. The van der Waals surface area contributed by atoms with E-state index in [2.05, 4.69) is 23.6 Å². The van der Waals surface area contributed by atoms with Crippen LogP contribution < -0.4 is 0 Å². The van der Waals surface area contributed by atoms with Crippen molar-refractivity contribution in [1.82, 2.24) is 9.80 Å². The minimum atomic E-state index is 0.601. The first kappa shape index (κ1) is 11.0. The molecule has 13 heavy (non-hydrogen) atoms. The van der Waals surface area contributed by atoms with Crippen LogP contribution in [0.5, 0.6) is 0 Å². The molecule has 0 radical (unpaired) electrons. The zero-order valence-corrected chi connectivity index (χ0v) is 9.12. The summed E-state index contributed by atoms with van der Waals surface area (Å²) in [5, 5.41) is 0. The molecule has 0 aliphatic carbocycles. The van der Waals surface area contributed by atoms with Crippen LogP contribution in [-0.4, -0.2) is 62.3 Å². The Labute approximate surface area is 81.7 Å². The van der Waals surface area contributed by atoms with Crippen LogP contribution >= 0.6 is 0 Å². The molecule has 3 nitrogen and oxygen atoms in total. The number of likely N-dealkylation sites (N-methyl/N-ethyl adjacent to an activating group) is 2. The third-order valence-corrected chi connectivity index (χ3v) is 2.90. The first-order valence-electron chi connectivity index (χ1n) is 5.27. The summed E-state index contributed by atoms with van der Waals surface area (Å²) in [5.74, 6) is 0. The van der Waals surface area contributed by atoms with Gasteiger partial charge in [-0.25, -0.2) is 0 Å². The van der Waals surface area contributed by atoms with Gasteiger partial charge in [0, 0.05) is 32.8 Å². The number of methoxy groups -OCH3 is 1. The summed E-state index contributed by atoms with van der Waals surface area (Å²) in [7, 11) is 1.79. The summed E-state index contributed by atoms with van der Waals surface area (Å²) in [6.45, 7) is 11.2. The van der Waals surface area contributed by atoms with Gasteiger partial charge in [-0.1, -0.05) is 13.8 Å². The lowest BCUT2D eigenvalue weighted by Crippen LogP contribution is -2.54. The van der Waals surface area contributed by atoms with E-state index in [4.69, 9.17) is 4.74 Å². The predicted molar refractivity (Wildman–Crippen MR) is 55.0 cm³/mol. The second-order valence-electron chi connectivity index (χ2n) is 3.63. The maximum Gasteiger partial charge on any atom is 0.0630 e. The van der Waals surface area contributed by atoms with E-state index in [9.17, 15) is 0 Å². The van der Waals surface area contributed by atoms with Crippen molar-refractivity contribution in [2.24, 2.45) is 0 Å². The summed E-state index contributed by atoms with van der Waals surface area (Å²) in [5.41, 5.74) is 0. The van der Waals surface area contributed by atoms with E-state index in [1.165, 1.54) is 13.1 Å². The Morgan fingerprint density at radius 2 is 2.00 bits per heavy atom. The first-order chi connectivity index (χ1) is 6.31. The second kappa shape index (κ2) is 5.58. The van der Waals surface area contributed by atoms with Crippen molar-refractivity contribution in [2.75, 3.05) is 46.4 Å². The summed E-state index contributed by atoms with van der Waals surface area (Å²) < 4.78 is 5.24. The third-order valence-electron chi connectivity index (χ3n) is 2.90. The van der Waals surface area contributed by atoms with Crippen molar-refractivity contribution in [3.05, 3.63) is 0 Å². The Kier molecular flexibility index (Phi) is 4.70. The van der Waals surface area contributed by atoms with E-state index in [1.807, 2.05) is 0 Å². The highest BCUT2D eigenvalue weighted by Crippen LogP contribution is 2.09. The van der Waals surface area contributed by atoms with Crippen molar-refractivity contribution in [3.63, 3.8) is 0 Å². The quantitative estimate of drug-likeness (QED) is 0.641. The normalized spacial score (nSPS) is 26.5. The highest BCUT2D eigenvalue weighted by Gasteiger charge is 2.24. The Morgan fingerprint density at radius 3 is 2.54 bits per heavy atom. The highest BCUT2D eigenvalue weighted by atomic mass is 16.5. The smallest absolute Gasteiger partial charge is 0.0630 e. The van der Waals surface area contributed by atoms with E-state index >= 15 is 0 Å². The van der Waals surface area contributed by atoms with Crippen molar-refractivity contribution in [2.45, 2.75) is 19.9 Å². The van der Waals surface area contributed by atoms with Crippen LogP contribution in [0.1, 0.15) is 13.8 Å². The van der Waals surface area contributed by atoms with Gasteiger partial charge in [0.1, 0.15) is 0 Å². The lowest BCUT2D eigenvalue weighted by atomic mass is 10.2. The molecule has 0 N–H and O–H groups in total. The van der Waals surface area contributed by atoms with Crippen LogP contribution in [0.15, 0.2) is 0 Å². The summed E-state index contributed by atoms with van der Waals surface area (Å²) in [6.07, 6.45) is 0. The van der Waals surface area contributed by atoms with Crippen molar-refractivity contribution in [1.29, 1.82) is 0 Å². The minimum Gasteiger partial charge on any atom is -0.383 e. The van der Waals surface area contributed by atoms with Crippen LogP contribution in [0.4, 0.5) is 0 Å². The topological polar surface area (TPSA) is 15.7 Å². The number of piperazine rings is 1. The van der Waals surface area contributed by atoms with Gasteiger partial charge >= 0.3 is 0 Å². The molecule has 0 amide bonds. The number of hydrogen-bond acceptors (Lipinski definition) is 3. The molecule has 1 fully saturated rings. The standard InChI is InChI=1S/C10H22N2O/c1-4-11-6-7-12(5-2)10(8-11)9-13-3/h10H,4-9H2,1-3H3. The van der Waals surface area contributed by atoms with Gasteiger partial charge in [0.2, 0.25) is 0 Å². The number of rotatable bonds is 4. The van der Waals surface area contributed by atoms with E-state index in [0.29, 0.717) is 6.04 Å². The lowest BCUT2D eigenvalue weighted by Gasteiger charge is -2.40. The van der Waals surface area contributed by atoms with Crippen molar-refractivity contribution < 1.29 is 4.74 Å². The zero-order valence-electron chi connectivity index (χ0n) is 9.12. The highest BCUT2D eigenvalue weighted by molar-refractivity contribution is 4.80. The predicted octanol–water partition coefficient (Wildman–Crippen LogP) is 0.659. The van der Waals surface area contributed by atoms with Gasteiger partial charge in [-0.3, -0.25) is 4.90 Å². The number of ether oxygens (including phenoxy) is 1. The van der Waals surface area contributed by atoms with E-state index in [0.717, 1.165) is 26.2 Å². The molecule has 0 bridgehead atoms. The maximum atomic E-state index is 5.24. The molecular weight excluding hydrogens is 164 g/mol. The van der Waals surface area contributed by atoms with E-state index < -0.39 is 0 Å². The fourth-order valence-electron chi connectivity index (χ4n) is 2.01. The average molecular weight is 186 g/mol. The van der Waals surface area contributed by atoms with Crippen molar-refractivity contribution in [3.8, 4) is 0 Å². The Hall–Kier alpha value is -0.120. The van der Waals surface area contributed by atoms with Gasteiger partial charge in [-0.15, -0.1) is 0 Å². The molecular formula is C10H22N2O. The van der Waals surface area contributed by atoms with Gasteiger partial charge in [0.05, 0.1) is 6.61 Å². The molecule has 0 saturated carbocycles. The number of nitrogens with zero attached hydrogens (tertiary/aromatic N) is 2. The zero-order chi connectivity index (χ0) is 9.68. The molecule has 78 valence electrons. The van der Waals surface area contributed by atoms with Crippen LogP contribution in [0.25, 0.3) is 0 Å². The Bertz CT molecular complexity index is 141. The molecule has 3 heteroatoms. The van der Waals surface area contributed by atoms with Crippen molar-refractivity contribution >= 4 is 0 Å². The molecule has 1 unspecified atom stereocenters. The monoisotopic (exact) mass is 186 g/mol. The van der Waals surface area contributed by atoms with Crippen LogP contribution in [0, 0.1) is 0 Å². The number of hydrogen-bond donors (Lipinski definition) is 0. The van der Waals surface area contributed by atoms with Gasteiger partial charge < -0.3 is 9.64 Å². The second-order valence-corrected chi connectivity index (χ2v) is 3.63. The summed E-state index contributed by atoms with van der Waals surface area (Å²) in [4.78, 5) is 5.01. The molecule has 1 rings (SSSR count). The molecule has 1 aliphatic rings. The lowest BCUT2D eigenvalue weighted by molar-refractivity contribution is 0.0303.